The van der Waals surface area contributed by atoms with Gasteiger partial charge in [0.2, 0.25) is 0 Å². The summed E-state index contributed by atoms with van der Waals surface area (Å²) >= 11 is 0. The summed E-state index contributed by atoms with van der Waals surface area (Å²) in [4.78, 5) is 0. The summed E-state index contributed by atoms with van der Waals surface area (Å²) in [7, 11) is -0.431. The van der Waals surface area contributed by atoms with E-state index in [4.69, 9.17) is 0 Å². The molecule has 0 saturated carbocycles. The molecule has 1 atom stereocenters. The Balaban J connectivity index is 2.26. The molecule has 0 aromatic rings. The molecule has 0 bridgehead atoms. The molecule has 0 aliphatic carbocycles. The van der Waals surface area contributed by atoms with E-state index in [0.717, 1.165) is 26.1 Å². The zero-order chi connectivity index (χ0) is 9.69. The first-order valence-corrected chi connectivity index (χ1v) is 6.42. The van der Waals surface area contributed by atoms with E-state index in [9.17, 15) is 4.57 Å². The minimum atomic E-state index is -2.37. The van der Waals surface area contributed by atoms with Crippen molar-refractivity contribution in [2.75, 3.05) is 26.7 Å². The highest BCUT2D eigenvalue weighted by atomic mass is 31.2. The summed E-state index contributed by atoms with van der Waals surface area (Å²) in [6.07, 6.45) is 1.07. The van der Waals surface area contributed by atoms with Gasteiger partial charge >= 0.3 is 0 Å². The Morgan fingerprint density at radius 1 is 1.31 bits per heavy atom. The van der Waals surface area contributed by atoms with E-state index in [1.54, 1.807) is 0 Å². The van der Waals surface area contributed by atoms with Crippen LogP contribution in [-0.2, 0) is 4.57 Å². The largest absolute Gasteiger partial charge is 0.284 e. The SMILES string of the molecule is CN1CCN2CCC(C)(C)NP12=O. The molecule has 0 radical (unpaired) electrons. The molecule has 5 heteroatoms. The zero-order valence-corrected chi connectivity index (χ0v) is 9.47. The number of fused-ring (bicyclic) bond motifs is 1. The number of nitrogens with one attached hydrogen (secondary N) is 1. The van der Waals surface area contributed by atoms with Gasteiger partial charge < -0.3 is 0 Å². The second-order valence-electron chi connectivity index (χ2n) is 4.62. The second kappa shape index (κ2) is 2.80. The van der Waals surface area contributed by atoms with E-state index < -0.39 is 7.59 Å². The maximum Gasteiger partial charge on any atom is 0.284 e. The molecule has 4 nitrogen and oxygen atoms in total. The van der Waals surface area contributed by atoms with E-state index in [1.165, 1.54) is 0 Å². The maximum absolute atomic E-state index is 12.5. The first-order valence-electron chi connectivity index (χ1n) is 4.81. The molecule has 2 heterocycles. The van der Waals surface area contributed by atoms with E-state index in [0.29, 0.717) is 0 Å². The molecule has 2 aliphatic heterocycles. The number of likely N-dealkylation sites (N-methyl/N-ethyl adjacent to an activating group) is 1. The molecule has 2 aliphatic rings. The Bertz CT molecular complexity index is 266. The number of rotatable bonds is 0. The number of nitrogens with zero attached hydrogens (tertiary/aromatic N) is 2. The van der Waals surface area contributed by atoms with Crippen LogP contribution in [-0.4, -0.2) is 41.6 Å². The van der Waals surface area contributed by atoms with Gasteiger partial charge in [-0.2, -0.15) is 0 Å². The number of hydrogen-bond donors (Lipinski definition) is 1. The van der Waals surface area contributed by atoms with Crippen LogP contribution in [0.1, 0.15) is 20.3 Å². The van der Waals surface area contributed by atoms with Gasteiger partial charge in [-0.3, -0.25) is 4.57 Å². The lowest BCUT2D eigenvalue weighted by atomic mass is 10.0. The molecule has 2 rings (SSSR count). The Hall–Kier alpha value is 0.110. The number of hydrogen-bond acceptors (Lipinski definition) is 1. The lowest BCUT2D eigenvalue weighted by Gasteiger charge is -2.42. The fourth-order valence-electron chi connectivity index (χ4n) is 2.01. The van der Waals surface area contributed by atoms with Crippen LogP contribution < -0.4 is 5.09 Å². The monoisotopic (exact) mass is 203 g/mol. The van der Waals surface area contributed by atoms with Crippen molar-refractivity contribution in [1.82, 2.24) is 14.4 Å². The van der Waals surface area contributed by atoms with Crippen LogP contribution in [0.4, 0.5) is 0 Å². The van der Waals surface area contributed by atoms with Crippen LogP contribution in [0.5, 0.6) is 0 Å². The lowest BCUT2D eigenvalue weighted by molar-refractivity contribution is 0.302. The molecule has 0 aromatic carbocycles. The third kappa shape index (κ3) is 1.46. The summed E-state index contributed by atoms with van der Waals surface area (Å²) in [5.41, 5.74) is 0.0185. The summed E-state index contributed by atoms with van der Waals surface area (Å²) in [5, 5.41) is 3.29. The molecule has 0 amide bonds. The van der Waals surface area contributed by atoms with Gasteiger partial charge in [0.1, 0.15) is 0 Å². The van der Waals surface area contributed by atoms with Gasteiger partial charge in [0.25, 0.3) is 7.59 Å². The molecular weight excluding hydrogens is 185 g/mol. The van der Waals surface area contributed by atoms with Crippen LogP contribution in [0.3, 0.4) is 0 Å². The highest BCUT2D eigenvalue weighted by molar-refractivity contribution is 7.57. The topological polar surface area (TPSA) is 35.6 Å². The fraction of sp³-hybridized carbons (Fsp3) is 1.00. The van der Waals surface area contributed by atoms with Gasteiger partial charge in [0, 0.05) is 25.2 Å². The minimum Gasteiger partial charge on any atom is -0.270 e. The van der Waals surface area contributed by atoms with E-state index in [2.05, 4.69) is 23.6 Å². The normalized spacial score (nSPS) is 40.5. The van der Waals surface area contributed by atoms with Gasteiger partial charge in [-0.1, -0.05) is 0 Å². The maximum atomic E-state index is 12.5. The fourth-order valence-corrected chi connectivity index (χ4v) is 4.75. The average molecular weight is 203 g/mol. The van der Waals surface area contributed by atoms with Crippen molar-refractivity contribution in [3.8, 4) is 0 Å². The summed E-state index contributed by atoms with van der Waals surface area (Å²) < 4.78 is 16.5. The standard InChI is InChI=1S/C8H18N3OP/c1-8(2)4-5-11-7-6-10(3)13(11,12)9-8/h4-7H2,1-3H3,(H,9,12). The summed E-state index contributed by atoms with van der Waals surface area (Å²) in [6, 6.07) is 0. The van der Waals surface area contributed by atoms with Gasteiger partial charge in [0.05, 0.1) is 0 Å². The van der Waals surface area contributed by atoms with Gasteiger partial charge in [-0.05, 0) is 27.3 Å². The third-order valence-corrected chi connectivity index (χ3v) is 6.16. The van der Waals surface area contributed by atoms with Crippen LogP contribution in [0.15, 0.2) is 0 Å². The predicted octanol–water partition coefficient (Wildman–Crippen LogP) is 1.11. The third-order valence-electron chi connectivity index (χ3n) is 2.97. The Morgan fingerprint density at radius 3 is 2.69 bits per heavy atom. The van der Waals surface area contributed by atoms with Crippen LogP contribution in [0, 0.1) is 0 Å². The lowest BCUT2D eigenvalue weighted by Crippen LogP contribution is -2.48. The van der Waals surface area contributed by atoms with Crippen molar-refractivity contribution < 1.29 is 4.57 Å². The minimum absolute atomic E-state index is 0.0185. The molecule has 76 valence electrons. The van der Waals surface area contributed by atoms with Crippen LogP contribution in [0.25, 0.3) is 0 Å². The van der Waals surface area contributed by atoms with Crippen molar-refractivity contribution in [3.05, 3.63) is 0 Å². The molecule has 1 unspecified atom stereocenters. The predicted molar refractivity (Wildman–Crippen MR) is 53.6 cm³/mol. The smallest absolute Gasteiger partial charge is 0.270 e. The van der Waals surface area contributed by atoms with E-state index in [1.807, 2.05) is 11.7 Å². The second-order valence-corrected chi connectivity index (χ2v) is 7.18. The van der Waals surface area contributed by atoms with Crippen LogP contribution >= 0.6 is 7.59 Å². The van der Waals surface area contributed by atoms with Crippen LogP contribution in [0.2, 0.25) is 0 Å². The summed E-state index contributed by atoms with van der Waals surface area (Å²) in [5.74, 6) is 0. The Morgan fingerprint density at radius 2 is 2.00 bits per heavy atom. The molecule has 1 N–H and O–H groups in total. The van der Waals surface area contributed by atoms with Gasteiger partial charge in [-0.15, -0.1) is 0 Å². The van der Waals surface area contributed by atoms with Crippen molar-refractivity contribution in [3.63, 3.8) is 0 Å². The molecular formula is C8H18N3OP. The van der Waals surface area contributed by atoms with E-state index in [-0.39, 0.29) is 5.54 Å². The zero-order valence-electron chi connectivity index (χ0n) is 8.58. The quantitative estimate of drug-likeness (QED) is 0.598. The molecule has 2 saturated heterocycles. The summed E-state index contributed by atoms with van der Waals surface area (Å²) in [6.45, 7) is 7.06. The van der Waals surface area contributed by atoms with Crippen molar-refractivity contribution >= 4 is 7.59 Å². The molecule has 2 fully saturated rings. The molecule has 13 heavy (non-hydrogen) atoms. The average Bonchev–Trinajstić information content (AvgIpc) is 2.26. The first-order chi connectivity index (χ1) is 5.94. The van der Waals surface area contributed by atoms with Crippen molar-refractivity contribution in [2.45, 2.75) is 25.8 Å². The van der Waals surface area contributed by atoms with Crippen molar-refractivity contribution in [2.24, 2.45) is 0 Å². The van der Waals surface area contributed by atoms with Gasteiger partial charge in [0.15, 0.2) is 0 Å². The van der Waals surface area contributed by atoms with Crippen molar-refractivity contribution in [1.29, 1.82) is 0 Å². The van der Waals surface area contributed by atoms with E-state index >= 15 is 0 Å². The molecule has 0 aromatic heterocycles. The Labute approximate surface area is 79.8 Å². The Kier molecular flexibility index (Phi) is 2.08. The highest BCUT2D eigenvalue weighted by Gasteiger charge is 2.47. The highest BCUT2D eigenvalue weighted by Crippen LogP contribution is 2.56. The first kappa shape index (κ1) is 9.66. The molecule has 0 spiro atoms. The van der Waals surface area contributed by atoms with Gasteiger partial charge in [-0.25, -0.2) is 14.4 Å².